The minimum atomic E-state index is -0.678. The second kappa shape index (κ2) is 19.9. The molecule has 164 valence electrons. The van der Waals surface area contributed by atoms with Gasteiger partial charge in [-0.05, 0) is 6.42 Å². The van der Waals surface area contributed by atoms with E-state index >= 15 is 0 Å². The summed E-state index contributed by atoms with van der Waals surface area (Å²) in [6, 6.07) is -0.678. The molecular formula is C22H40NNaO4S. The maximum atomic E-state index is 11.7. The number of hydrogen-bond donors (Lipinski definition) is 1. The number of ether oxygens (including phenoxy) is 1. The van der Waals surface area contributed by atoms with Crippen molar-refractivity contribution >= 4 is 58.5 Å². The van der Waals surface area contributed by atoms with Crippen LogP contribution in [0.3, 0.4) is 0 Å². The molecule has 0 bridgehead atoms. The molecule has 0 radical (unpaired) electrons. The van der Waals surface area contributed by atoms with Gasteiger partial charge in [0.25, 0.3) is 5.24 Å². The van der Waals surface area contributed by atoms with Gasteiger partial charge < -0.3 is 10.1 Å². The van der Waals surface area contributed by atoms with Crippen molar-refractivity contribution < 1.29 is 19.1 Å². The first-order valence-electron chi connectivity index (χ1n) is 11.3. The van der Waals surface area contributed by atoms with Crippen molar-refractivity contribution in [3.8, 4) is 0 Å². The van der Waals surface area contributed by atoms with E-state index in [1.807, 2.05) is 0 Å². The molecule has 1 aliphatic rings. The van der Waals surface area contributed by atoms with Crippen LogP contribution in [0.25, 0.3) is 0 Å². The molecule has 29 heavy (non-hydrogen) atoms. The number of rotatable bonds is 17. The molecule has 0 saturated carbocycles. The van der Waals surface area contributed by atoms with E-state index in [9.17, 15) is 14.4 Å². The van der Waals surface area contributed by atoms with Crippen LogP contribution < -0.4 is 5.32 Å². The summed E-state index contributed by atoms with van der Waals surface area (Å²) in [6.45, 7) is 2.26. The molecule has 1 N–H and O–H groups in total. The first-order chi connectivity index (χ1) is 13.6. The van der Waals surface area contributed by atoms with Gasteiger partial charge >= 0.3 is 41.5 Å². The predicted molar refractivity (Wildman–Crippen MR) is 123 cm³/mol. The normalized spacial score (nSPS) is 15.6. The Balaban J connectivity index is 0.00000784. The molecule has 1 heterocycles. The summed E-state index contributed by atoms with van der Waals surface area (Å²) in [5.74, 6) is -0.778. The molecule has 0 aromatic rings. The molecule has 1 amide bonds. The van der Waals surface area contributed by atoms with Crippen molar-refractivity contribution in [1.29, 1.82) is 0 Å². The quantitative estimate of drug-likeness (QED) is 0.141. The van der Waals surface area contributed by atoms with E-state index < -0.39 is 18.0 Å². The Morgan fingerprint density at radius 1 is 0.862 bits per heavy atom. The van der Waals surface area contributed by atoms with E-state index in [0.29, 0.717) is 5.75 Å². The molecule has 1 rings (SSSR count). The SMILES string of the molecule is CCCCCCCCCCCCCCCCCC(=O)OC(=O)C1CSC(=O)N1.[NaH]. The van der Waals surface area contributed by atoms with Crippen LogP contribution in [0.15, 0.2) is 0 Å². The van der Waals surface area contributed by atoms with Gasteiger partial charge in [-0.3, -0.25) is 9.59 Å². The number of carbonyl (C=O) groups excluding carboxylic acids is 3. The zero-order valence-corrected chi connectivity index (χ0v) is 18.5. The molecule has 0 aromatic heterocycles. The molecule has 0 aliphatic carbocycles. The first-order valence-corrected chi connectivity index (χ1v) is 12.3. The zero-order chi connectivity index (χ0) is 20.5. The van der Waals surface area contributed by atoms with Crippen molar-refractivity contribution in [2.75, 3.05) is 5.75 Å². The van der Waals surface area contributed by atoms with Crippen LogP contribution in [0.2, 0.25) is 0 Å². The number of esters is 2. The Morgan fingerprint density at radius 3 is 1.72 bits per heavy atom. The topological polar surface area (TPSA) is 72.5 Å². The van der Waals surface area contributed by atoms with Crippen molar-refractivity contribution in [2.45, 2.75) is 116 Å². The zero-order valence-electron chi connectivity index (χ0n) is 17.6. The fourth-order valence-electron chi connectivity index (χ4n) is 3.39. The summed E-state index contributed by atoms with van der Waals surface area (Å²) < 4.78 is 4.80. The molecule has 0 aromatic carbocycles. The van der Waals surface area contributed by atoms with Crippen LogP contribution in [-0.4, -0.2) is 58.5 Å². The van der Waals surface area contributed by atoms with Gasteiger partial charge in [0.2, 0.25) is 0 Å². The Labute approximate surface area is 203 Å². The van der Waals surface area contributed by atoms with Crippen molar-refractivity contribution in [3.63, 3.8) is 0 Å². The van der Waals surface area contributed by atoms with Crippen LogP contribution in [0.5, 0.6) is 0 Å². The molecule has 1 aliphatic heterocycles. The van der Waals surface area contributed by atoms with Crippen LogP contribution in [-0.2, 0) is 14.3 Å². The van der Waals surface area contributed by atoms with E-state index in [1.165, 1.54) is 77.0 Å². The summed E-state index contributed by atoms with van der Waals surface area (Å²) in [4.78, 5) is 34.4. The van der Waals surface area contributed by atoms with Crippen molar-refractivity contribution in [2.24, 2.45) is 0 Å². The van der Waals surface area contributed by atoms with Crippen LogP contribution >= 0.6 is 11.8 Å². The Bertz CT molecular complexity index is 462. The minimum absolute atomic E-state index is 0. The number of nitrogens with one attached hydrogen (secondary N) is 1. The fourth-order valence-corrected chi connectivity index (χ4v) is 4.15. The number of carbonyl (C=O) groups is 3. The molecule has 1 fully saturated rings. The molecular weight excluding hydrogens is 397 g/mol. The van der Waals surface area contributed by atoms with Crippen LogP contribution in [0.4, 0.5) is 4.79 Å². The maximum absolute atomic E-state index is 11.7. The number of thioether (sulfide) groups is 1. The Morgan fingerprint density at radius 2 is 1.31 bits per heavy atom. The van der Waals surface area contributed by atoms with E-state index in [0.717, 1.165) is 31.0 Å². The molecule has 1 atom stereocenters. The van der Waals surface area contributed by atoms with E-state index in [1.54, 1.807) is 0 Å². The average Bonchev–Trinajstić information content (AvgIpc) is 3.11. The third-order valence-corrected chi connectivity index (χ3v) is 6.04. The third-order valence-electron chi connectivity index (χ3n) is 5.16. The van der Waals surface area contributed by atoms with E-state index in [-0.39, 0.29) is 41.2 Å². The van der Waals surface area contributed by atoms with Gasteiger partial charge in [-0.25, -0.2) is 4.79 Å². The number of amides is 1. The summed E-state index contributed by atoms with van der Waals surface area (Å²) in [7, 11) is 0. The van der Waals surface area contributed by atoms with Gasteiger partial charge in [0.1, 0.15) is 6.04 Å². The van der Waals surface area contributed by atoms with Crippen LogP contribution in [0.1, 0.15) is 110 Å². The van der Waals surface area contributed by atoms with Gasteiger partial charge in [-0.2, -0.15) is 0 Å². The Hall–Kier alpha value is -0.0400. The average molecular weight is 438 g/mol. The van der Waals surface area contributed by atoms with Gasteiger partial charge in [0.15, 0.2) is 0 Å². The second-order valence-corrected chi connectivity index (χ2v) is 8.78. The Kier molecular flexibility index (Phi) is 19.9. The molecule has 7 heteroatoms. The summed E-state index contributed by atoms with van der Waals surface area (Å²) in [5, 5.41) is 2.24. The number of hydrogen-bond acceptors (Lipinski definition) is 5. The van der Waals surface area contributed by atoms with Gasteiger partial charge in [0, 0.05) is 12.2 Å². The van der Waals surface area contributed by atoms with Crippen molar-refractivity contribution in [3.05, 3.63) is 0 Å². The van der Waals surface area contributed by atoms with Gasteiger partial charge in [-0.15, -0.1) is 0 Å². The molecule has 1 saturated heterocycles. The van der Waals surface area contributed by atoms with Gasteiger partial charge in [0.05, 0.1) is 0 Å². The molecule has 5 nitrogen and oxygen atoms in total. The van der Waals surface area contributed by atoms with E-state index in [4.69, 9.17) is 4.74 Å². The van der Waals surface area contributed by atoms with Crippen LogP contribution in [0, 0.1) is 0 Å². The van der Waals surface area contributed by atoms with Crippen molar-refractivity contribution in [1.82, 2.24) is 5.32 Å². The summed E-state index contributed by atoms with van der Waals surface area (Å²) in [6.07, 6.45) is 19.4. The van der Waals surface area contributed by atoms with Gasteiger partial charge in [-0.1, -0.05) is 109 Å². The van der Waals surface area contributed by atoms with E-state index in [2.05, 4.69) is 12.2 Å². The predicted octanol–water partition coefficient (Wildman–Crippen LogP) is 5.49. The monoisotopic (exact) mass is 437 g/mol. The third kappa shape index (κ3) is 16.3. The standard InChI is InChI=1S/C22H39NO4S.Na.H/c1-2-3-4-5-6-7-8-9-10-11-12-13-14-15-16-17-20(24)27-21(25)19-18-28-22(26)23-19;;/h19H,2-18H2,1H3,(H,23,26);;. The molecule has 0 spiro atoms. The second-order valence-electron chi connectivity index (χ2n) is 7.79. The summed E-state index contributed by atoms with van der Waals surface area (Å²) in [5.41, 5.74) is 0. The number of unbranched alkanes of at least 4 members (excludes halogenated alkanes) is 14. The molecule has 1 unspecified atom stereocenters. The fraction of sp³-hybridized carbons (Fsp3) is 0.864. The first kappa shape index (κ1) is 29.0. The summed E-state index contributed by atoms with van der Waals surface area (Å²) >= 11 is 1.04.